The van der Waals surface area contributed by atoms with Crippen molar-refractivity contribution < 1.29 is 14.6 Å². The average molecular weight is 506 g/mol. The van der Waals surface area contributed by atoms with E-state index in [0.29, 0.717) is 17.5 Å². The van der Waals surface area contributed by atoms with Gasteiger partial charge < -0.3 is 25.2 Å². The van der Waals surface area contributed by atoms with Gasteiger partial charge in [0.05, 0.1) is 26.9 Å². The number of benzene rings is 1. The van der Waals surface area contributed by atoms with Gasteiger partial charge in [0.1, 0.15) is 0 Å². The summed E-state index contributed by atoms with van der Waals surface area (Å²) in [6.45, 7) is 8.42. The second-order valence-corrected chi connectivity index (χ2v) is 6.66. The molecule has 1 aromatic rings. The number of nitrogens with zero attached hydrogens (tertiary/aromatic N) is 2. The second-order valence-electron chi connectivity index (χ2n) is 6.66. The molecule has 2 rings (SSSR count). The van der Waals surface area contributed by atoms with Gasteiger partial charge in [0.25, 0.3) is 0 Å². The topological polar surface area (TPSA) is 78.4 Å². The van der Waals surface area contributed by atoms with E-state index in [1.807, 2.05) is 13.0 Å². The van der Waals surface area contributed by atoms with Crippen molar-refractivity contribution in [1.29, 1.82) is 0 Å². The number of rotatable bonds is 9. The van der Waals surface area contributed by atoms with Crippen LogP contribution in [0.15, 0.2) is 23.2 Å². The van der Waals surface area contributed by atoms with E-state index in [-0.39, 0.29) is 30.5 Å². The predicted molar refractivity (Wildman–Crippen MR) is 124 cm³/mol. The number of halogens is 1. The Morgan fingerprint density at radius 2 is 2.00 bits per heavy atom. The smallest absolute Gasteiger partial charge is 0.191 e. The minimum atomic E-state index is -0.709. The molecular weight excluding hydrogens is 471 g/mol. The maximum atomic E-state index is 10.5. The average Bonchev–Trinajstić information content (AvgIpc) is 3.16. The van der Waals surface area contributed by atoms with Gasteiger partial charge in [0.2, 0.25) is 0 Å². The molecule has 160 valence electrons. The van der Waals surface area contributed by atoms with E-state index in [1.54, 1.807) is 26.4 Å². The first kappa shape index (κ1) is 24.8. The van der Waals surface area contributed by atoms with Gasteiger partial charge in [-0.15, -0.1) is 24.0 Å². The molecule has 0 aliphatic carbocycles. The molecular formula is C20H35IN4O3. The van der Waals surface area contributed by atoms with Crippen LogP contribution in [0, 0.1) is 0 Å². The van der Waals surface area contributed by atoms with Crippen LogP contribution in [-0.4, -0.2) is 69.0 Å². The normalized spacial score (nSPS) is 18.3. The van der Waals surface area contributed by atoms with Crippen molar-refractivity contribution in [1.82, 2.24) is 15.5 Å². The molecule has 1 aromatic carbocycles. The zero-order valence-corrected chi connectivity index (χ0v) is 19.7. The lowest BCUT2D eigenvalue weighted by Crippen LogP contribution is -2.45. The van der Waals surface area contributed by atoms with Crippen molar-refractivity contribution in [2.45, 2.75) is 38.8 Å². The summed E-state index contributed by atoms with van der Waals surface area (Å²) in [5.74, 6) is 1.98. The molecule has 1 aliphatic heterocycles. The highest BCUT2D eigenvalue weighted by molar-refractivity contribution is 14.0. The molecule has 3 N–H and O–H groups in total. The number of nitrogens with one attached hydrogen (secondary N) is 2. The highest BCUT2D eigenvalue weighted by Crippen LogP contribution is 2.30. The van der Waals surface area contributed by atoms with Gasteiger partial charge in [0.15, 0.2) is 17.5 Å². The third-order valence-electron chi connectivity index (χ3n) is 4.97. The Kier molecular flexibility index (Phi) is 11.6. The number of aliphatic hydroxyl groups is 1. The fraction of sp³-hybridized carbons (Fsp3) is 0.650. The van der Waals surface area contributed by atoms with Crippen LogP contribution in [0.4, 0.5) is 0 Å². The molecule has 8 heteroatoms. The molecule has 1 fully saturated rings. The summed E-state index contributed by atoms with van der Waals surface area (Å²) < 4.78 is 10.5. The lowest BCUT2D eigenvalue weighted by atomic mass is 10.1. The van der Waals surface area contributed by atoms with Gasteiger partial charge in [-0.05, 0) is 50.6 Å². The zero-order chi connectivity index (χ0) is 19.6. The Bertz CT molecular complexity index is 615. The number of hydrogen-bond donors (Lipinski definition) is 3. The molecule has 0 spiro atoms. The van der Waals surface area contributed by atoms with E-state index in [4.69, 9.17) is 9.47 Å². The molecule has 0 aromatic heterocycles. The fourth-order valence-electron chi connectivity index (χ4n) is 3.44. The third kappa shape index (κ3) is 6.97. The second kappa shape index (κ2) is 13.1. The summed E-state index contributed by atoms with van der Waals surface area (Å²) in [5, 5.41) is 17.2. The molecule has 7 nitrogen and oxygen atoms in total. The van der Waals surface area contributed by atoms with E-state index in [2.05, 4.69) is 27.4 Å². The summed E-state index contributed by atoms with van der Waals surface area (Å²) in [6.07, 6.45) is 1.76. The molecule has 0 saturated carbocycles. The SMILES string of the molecule is CCNC(=NCC(O)c1ccc(OC)c(OC)c1)NCC1CCCN1CC.I. The van der Waals surface area contributed by atoms with Gasteiger partial charge in [-0.25, -0.2) is 0 Å². The minimum absolute atomic E-state index is 0. The summed E-state index contributed by atoms with van der Waals surface area (Å²) in [7, 11) is 3.18. The van der Waals surface area contributed by atoms with Gasteiger partial charge in [-0.2, -0.15) is 0 Å². The minimum Gasteiger partial charge on any atom is -0.493 e. The highest BCUT2D eigenvalue weighted by Gasteiger charge is 2.22. The first-order valence-electron chi connectivity index (χ1n) is 9.79. The Labute approximate surface area is 185 Å². The molecule has 2 atom stereocenters. The van der Waals surface area contributed by atoms with E-state index < -0.39 is 6.10 Å². The van der Waals surface area contributed by atoms with Gasteiger partial charge in [0, 0.05) is 19.1 Å². The van der Waals surface area contributed by atoms with Gasteiger partial charge >= 0.3 is 0 Å². The molecule has 2 unspecified atom stereocenters. The predicted octanol–water partition coefficient (Wildman–Crippen LogP) is 2.39. The quantitative estimate of drug-likeness (QED) is 0.271. The van der Waals surface area contributed by atoms with Crippen molar-refractivity contribution in [3.63, 3.8) is 0 Å². The number of hydrogen-bond acceptors (Lipinski definition) is 5. The fourth-order valence-corrected chi connectivity index (χ4v) is 3.44. The Hall–Kier alpha value is -1.26. The van der Waals surface area contributed by atoms with Crippen molar-refractivity contribution in [2.75, 3.05) is 46.9 Å². The first-order chi connectivity index (χ1) is 13.1. The summed E-state index contributed by atoms with van der Waals surface area (Å²) in [6, 6.07) is 5.97. The van der Waals surface area contributed by atoms with Crippen LogP contribution in [0.2, 0.25) is 0 Å². The number of aliphatic imine (C=N–C) groups is 1. The first-order valence-corrected chi connectivity index (χ1v) is 9.79. The number of ether oxygens (including phenoxy) is 2. The Morgan fingerprint density at radius 3 is 2.64 bits per heavy atom. The van der Waals surface area contributed by atoms with Crippen molar-refractivity contribution in [3.8, 4) is 11.5 Å². The van der Waals surface area contributed by atoms with Crippen LogP contribution in [-0.2, 0) is 0 Å². The maximum absolute atomic E-state index is 10.5. The molecule has 28 heavy (non-hydrogen) atoms. The Balaban J connectivity index is 0.00000392. The number of methoxy groups -OCH3 is 2. The standard InChI is InChI=1S/C20H34N4O3.HI/c1-5-21-20(22-13-16-8-7-11-24(16)6-2)23-14-17(25)15-9-10-18(26-3)19(12-15)27-4;/h9-10,12,16-17,25H,5-8,11,13-14H2,1-4H3,(H2,21,22,23);1H. The van der Waals surface area contributed by atoms with E-state index in [9.17, 15) is 5.11 Å². The van der Waals surface area contributed by atoms with Crippen molar-refractivity contribution >= 4 is 29.9 Å². The van der Waals surface area contributed by atoms with E-state index >= 15 is 0 Å². The van der Waals surface area contributed by atoms with Crippen molar-refractivity contribution in [3.05, 3.63) is 23.8 Å². The molecule has 0 radical (unpaired) electrons. The highest BCUT2D eigenvalue weighted by atomic mass is 127. The molecule has 0 bridgehead atoms. The van der Waals surface area contributed by atoms with Crippen LogP contribution in [0.3, 0.4) is 0 Å². The summed E-state index contributed by atoms with van der Waals surface area (Å²) >= 11 is 0. The Morgan fingerprint density at radius 1 is 1.25 bits per heavy atom. The van der Waals surface area contributed by atoms with Crippen LogP contribution in [0.1, 0.15) is 38.4 Å². The zero-order valence-electron chi connectivity index (χ0n) is 17.4. The molecule has 1 saturated heterocycles. The van der Waals surface area contributed by atoms with Crippen molar-refractivity contribution in [2.24, 2.45) is 4.99 Å². The van der Waals surface area contributed by atoms with Crippen LogP contribution in [0.5, 0.6) is 11.5 Å². The number of aliphatic hydroxyl groups excluding tert-OH is 1. The van der Waals surface area contributed by atoms with E-state index in [1.165, 1.54) is 19.4 Å². The molecule has 0 amide bonds. The lowest BCUT2D eigenvalue weighted by molar-refractivity contribution is 0.186. The van der Waals surface area contributed by atoms with Gasteiger partial charge in [-0.1, -0.05) is 13.0 Å². The largest absolute Gasteiger partial charge is 0.493 e. The molecule has 1 aliphatic rings. The van der Waals surface area contributed by atoms with E-state index in [0.717, 1.165) is 31.2 Å². The van der Waals surface area contributed by atoms with Crippen LogP contribution >= 0.6 is 24.0 Å². The van der Waals surface area contributed by atoms with Crippen LogP contribution < -0.4 is 20.1 Å². The molecule has 1 heterocycles. The lowest BCUT2D eigenvalue weighted by Gasteiger charge is -2.24. The van der Waals surface area contributed by atoms with Crippen LogP contribution in [0.25, 0.3) is 0 Å². The number of likely N-dealkylation sites (tertiary alicyclic amines) is 1. The third-order valence-corrected chi connectivity index (χ3v) is 4.97. The monoisotopic (exact) mass is 506 g/mol. The number of likely N-dealkylation sites (N-methyl/N-ethyl adjacent to an activating group) is 1. The summed E-state index contributed by atoms with van der Waals surface area (Å²) in [4.78, 5) is 7.05. The maximum Gasteiger partial charge on any atom is 0.191 e. The van der Waals surface area contributed by atoms with Gasteiger partial charge in [-0.3, -0.25) is 9.89 Å². The summed E-state index contributed by atoms with van der Waals surface area (Å²) in [5.41, 5.74) is 0.750. The number of guanidine groups is 1.